The van der Waals surface area contributed by atoms with Gasteiger partial charge in [-0.15, -0.1) is 0 Å². The molecule has 1 aliphatic rings. The van der Waals surface area contributed by atoms with Crippen molar-refractivity contribution < 1.29 is 9.00 Å². The molecule has 0 aromatic heterocycles. The van der Waals surface area contributed by atoms with Crippen molar-refractivity contribution in [3.8, 4) is 0 Å². The first-order chi connectivity index (χ1) is 7.20. The van der Waals surface area contributed by atoms with Crippen LogP contribution in [-0.2, 0) is 15.8 Å². The third-order valence-corrected chi connectivity index (χ3v) is 3.62. The van der Waals surface area contributed by atoms with Crippen molar-refractivity contribution in [1.82, 2.24) is 4.31 Å². The highest BCUT2D eigenvalue weighted by Crippen LogP contribution is 2.25. The highest BCUT2D eigenvalue weighted by Gasteiger charge is 2.28. The fourth-order valence-corrected chi connectivity index (χ4v) is 2.59. The fraction of sp³-hybridized carbons (Fsp3) is 0.182. The average Bonchev–Trinajstić information content (AvgIpc) is 2.59. The first kappa shape index (κ1) is 10.1. The van der Waals surface area contributed by atoms with E-state index in [1.165, 1.54) is 15.8 Å². The summed E-state index contributed by atoms with van der Waals surface area (Å²) in [5.41, 5.74) is 0.989. The van der Waals surface area contributed by atoms with Gasteiger partial charge in [0.2, 0.25) is 0 Å². The van der Waals surface area contributed by atoms with Gasteiger partial charge in [-0.2, -0.15) is 0 Å². The number of amides is 1. The van der Waals surface area contributed by atoms with Gasteiger partial charge in [-0.05, 0) is 12.5 Å². The Kier molecular flexibility index (Phi) is 2.68. The van der Waals surface area contributed by atoms with Gasteiger partial charge in [0.15, 0.2) is 0 Å². The first-order valence-electron chi connectivity index (χ1n) is 4.67. The molecule has 1 aromatic rings. The smallest absolute Gasteiger partial charge is 0.259 e. The van der Waals surface area contributed by atoms with Crippen LogP contribution in [0.4, 0.5) is 0 Å². The average molecular weight is 221 g/mol. The molecule has 0 bridgehead atoms. The largest absolute Gasteiger partial charge is 0.269 e. The normalized spacial score (nSPS) is 22.1. The van der Waals surface area contributed by atoms with Crippen LogP contribution in [0.5, 0.6) is 0 Å². The molecule has 1 amide bonds. The zero-order valence-electron chi connectivity index (χ0n) is 8.29. The van der Waals surface area contributed by atoms with Crippen LogP contribution in [0.15, 0.2) is 41.8 Å². The van der Waals surface area contributed by atoms with Crippen LogP contribution < -0.4 is 0 Å². The number of nitrogens with zero attached hydrogens (tertiary/aromatic N) is 1. The molecule has 0 aliphatic carbocycles. The van der Waals surface area contributed by atoms with Gasteiger partial charge in [0.1, 0.15) is 11.0 Å². The van der Waals surface area contributed by atoms with Crippen molar-refractivity contribution in [2.75, 3.05) is 0 Å². The van der Waals surface area contributed by atoms with Crippen molar-refractivity contribution in [2.45, 2.75) is 13.0 Å². The highest BCUT2D eigenvalue weighted by atomic mass is 32.2. The maximum atomic E-state index is 11.5. The summed E-state index contributed by atoms with van der Waals surface area (Å²) >= 11 is 0. The molecular formula is C11H11NO2S. The Hall–Kier alpha value is -1.42. The van der Waals surface area contributed by atoms with E-state index < -0.39 is 11.0 Å². The van der Waals surface area contributed by atoms with Crippen molar-refractivity contribution in [3.63, 3.8) is 0 Å². The van der Waals surface area contributed by atoms with Crippen LogP contribution in [0.3, 0.4) is 0 Å². The van der Waals surface area contributed by atoms with E-state index >= 15 is 0 Å². The van der Waals surface area contributed by atoms with Crippen LogP contribution in [0.25, 0.3) is 0 Å². The lowest BCUT2D eigenvalue weighted by Crippen LogP contribution is -2.29. The fourth-order valence-electron chi connectivity index (χ4n) is 1.56. The second-order valence-corrected chi connectivity index (χ2v) is 4.55. The quantitative estimate of drug-likeness (QED) is 0.763. The summed E-state index contributed by atoms with van der Waals surface area (Å²) in [7, 11) is -1.32. The molecule has 2 atom stereocenters. The summed E-state index contributed by atoms with van der Waals surface area (Å²) in [6.45, 7) is 1.87. The van der Waals surface area contributed by atoms with Gasteiger partial charge in [-0.25, -0.2) is 8.51 Å². The molecule has 0 N–H and O–H groups in total. The number of rotatable bonds is 2. The Bertz CT molecular complexity index is 409. The molecule has 3 nitrogen and oxygen atoms in total. The van der Waals surface area contributed by atoms with Gasteiger partial charge in [0.25, 0.3) is 5.91 Å². The Morgan fingerprint density at radius 1 is 1.27 bits per heavy atom. The Morgan fingerprint density at radius 3 is 2.47 bits per heavy atom. The number of benzene rings is 1. The molecule has 1 unspecified atom stereocenters. The van der Waals surface area contributed by atoms with Crippen LogP contribution in [0, 0.1) is 0 Å². The predicted octanol–water partition coefficient (Wildman–Crippen LogP) is 1.77. The molecule has 1 heterocycles. The predicted molar refractivity (Wildman–Crippen MR) is 59.0 cm³/mol. The van der Waals surface area contributed by atoms with Gasteiger partial charge in [0, 0.05) is 11.5 Å². The Morgan fingerprint density at radius 2 is 1.93 bits per heavy atom. The zero-order chi connectivity index (χ0) is 10.8. The number of hydrogen-bond acceptors (Lipinski definition) is 2. The van der Waals surface area contributed by atoms with E-state index in [2.05, 4.69) is 0 Å². The minimum absolute atomic E-state index is 0.158. The first-order valence-corrected chi connectivity index (χ1v) is 5.84. The Balaban J connectivity index is 2.26. The summed E-state index contributed by atoms with van der Waals surface area (Å²) < 4.78 is 12.9. The molecule has 0 saturated carbocycles. The maximum absolute atomic E-state index is 11.5. The summed E-state index contributed by atoms with van der Waals surface area (Å²) in [6, 6.07) is 9.42. The van der Waals surface area contributed by atoms with Crippen molar-refractivity contribution in [1.29, 1.82) is 0 Å². The van der Waals surface area contributed by atoms with Crippen LogP contribution >= 0.6 is 0 Å². The van der Waals surface area contributed by atoms with Crippen molar-refractivity contribution >= 4 is 16.9 Å². The standard InChI is InChI=1S/C11H11NO2S/c1-9(10-5-3-2-4-6-10)12-11(13)7-8-15(12)14/h2-9H,1H3/t9-,15?/m1/s1. The molecular weight excluding hydrogens is 210 g/mol. The third-order valence-electron chi connectivity index (χ3n) is 2.37. The number of carbonyl (C=O) groups excluding carboxylic acids is 1. The molecule has 1 aromatic carbocycles. The molecule has 78 valence electrons. The summed E-state index contributed by atoms with van der Waals surface area (Å²) in [5.74, 6) is -0.190. The van der Waals surface area contributed by atoms with Crippen LogP contribution in [0.1, 0.15) is 18.5 Å². The Labute approximate surface area is 91.0 Å². The second-order valence-electron chi connectivity index (χ2n) is 3.33. The van der Waals surface area contributed by atoms with Gasteiger partial charge in [0.05, 0.1) is 6.04 Å². The zero-order valence-corrected chi connectivity index (χ0v) is 9.11. The van der Waals surface area contributed by atoms with E-state index in [4.69, 9.17) is 0 Å². The third kappa shape index (κ3) is 1.85. The second kappa shape index (κ2) is 3.98. The number of hydrogen-bond donors (Lipinski definition) is 0. The summed E-state index contributed by atoms with van der Waals surface area (Å²) in [6.07, 6.45) is 1.36. The SMILES string of the molecule is C[C@H](c1ccccc1)N1C(=O)C=CS1=O. The summed E-state index contributed by atoms with van der Waals surface area (Å²) in [4.78, 5) is 11.4. The highest BCUT2D eigenvalue weighted by molar-refractivity contribution is 7.86. The van der Waals surface area contributed by atoms with E-state index in [-0.39, 0.29) is 11.9 Å². The maximum Gasteiger partial charge on any atom is 0.259 e. The lowest BCUT2D eigenvalue weighted by molar-refractivity contribution is -0.122. The van der Waals surface area contributed by atoms with Gasteiger partial charge >= 0.3 is 0 Å². The van der Waals surface area contributed by atoms with E-state index in [9.17, 15) is 9.00 Å². The lowest BCUT2D eigenvalue weighted by Gasteiger charge is -2.22. The molecule has 4 heteroatoms. The molecule has 15 heavy (non-hydrogen) atoms. The number of carbonyl (C=O) groups is 1. The van der Waals surface area contributed by atoms with Crippen LogP contribution in [0.2, 0.25) is 0 Å². The van der Waals surface area contributed by atoms with Crippen molar-refractivity contribution in [3.05, 3.63) is 47.4 Å². The van der Waals surface area contributed by atoms with Gasteiger partial charge in [-0.1, -0.05) is 30.3 Å². The van der Waals surface area contributed by atoms with Gasteiger partial charge in [-0.3, -0.25) is 4.79 Å². The van der Waals surface area contributed by atoms with E-state index in [1.807, 2.05) is 37.3 Å². The van der Waals surface area contributed by atoms with E-state index in [0.29, 0.717) is 0 Å². The lowest BCUT2D eigenvalue weighted by atomic mass is 10.1. The minimum atomic E-state index is -1.32. The minimum Gasteiger partial charge on any atom is -0.269 e. The molecule has 2 rings (SSSR count). The molecule has 0 radical (unpaired) electrons. The van der Waals surface area contributed by atoms with E-state index in [1.54, 1.807) is 0 Å². The van der Waals surface area contributed by atoms with Gasteiger partial charge < -0.3 is 0 Å². The summed E-state index contributed by atoms with van der Waals surface area (Å²) in [5, 5.41) is 1.42. The molecule has 0 fully saturated rings. The molecule has 0 saturated heterocycles. The molecule has 0 spiro atoms. The van der Waals surface area contributed by atoms with E-state index in [0.717, 1.165) is 5.56 Å². The topological polar surface area (TPSA) is 37.4 Å². The molecule has 1 aliphatic heterocycles. The van der Waals surface area contributed by atoms with Crippen LogP contribution in [-0.4, -0.2) is 14.4 Å². The van der Waals surface area contributed by atoms with Crippen molar-refractivity contribution in [2.24, 2.45) is 0 Å². The monoisotopic (exact) mass is 221 g/mol.